The number of nitrogens with one attached hydrogen (secondary N) is 2. The molecule has 0 heterocycles. The van der Waals surface area contributed by atoms with E-state index in [0.717, 1.165) is 17.7 Å². The molecule has 2 aromatic carbocycles. The molecule has 2 rings (SSSR count). The smallest absolute Gasteiger partial charge is 0.234 e. The number of nitrogens with zero attached hydrogens (tertiary/aromatic N) is 1. The average Bonchev–Trinajstić information content (AvgIpc) is 2.54. The molecule has 0 fully saturated rings. The molecule has 0 aromatic heterocycles. The molecule has 0 saturated carbocycles. The van der Waals surface area contributed by atoms with E-state index in [1.54, 1.807) is 7.05 Å². The van der Waals surface area contributed by atoms with E-state index in [9.17, 15) is 4.79 Å². The fourth-order valence-electron chi connectivity index (χ4n) is 2.53. The normalized spacial score (nSPS) is 10.8. The molecule has 2 N–H and O–H groups in total. The van der Waals surface area contributed by atoms with Crippen LogP contribution in [-0.2, 0) is 17.9 Å². The fourth-order valence-corrected chi connectivity index (χ4v) is 2.53. The molecule has 0 aliphatic rings. The minimum Gasteiger partial charge on any atom is -0.351 e. The van der Waals surface area contributed by atoms with Crippen LogP contribution < -0.4 is 10.6 Å². The van der Waals surface area contributed by atoms with Crippen LogP contribution in [-0.4, -0.2) is 38.5 Å². The zero-order chi connectivity index (χ0) is 16.7. The molecule has 2 aromatic rings. The van der Waals surface area contributed by atoms with Crippen LogP contribution >= 0.6 is 0 Å². The van der Waals surface area contributed by atoms with E-state index in [4.69, 9.17) is 0 Å². The maximum absolute atomic E-state index is 11.6. The number of carbonyl (C=O) groups excluding carboxylic acids is 1. The molecular weight excluding hydrogens is 286 g/mol. The molecule has 23 heavy (non-hydrogen) atoms. The maximum atomic E-state index is 11.6. The van der Waals surface area contributed by atoms with Crippen molar-refractivity contribution in [1.29, 1.82) is 0 Å². The molecule has 0 atom stereocenters. The molecule has 0 bridgehead atoms. The van der Waals surface area contributed by atoms with Crippen molar-refractivity contribution < 1.29 is 4.79 Å². The lowest BCUT2D eigenvalue weighted by molar-refractivity contribution is -0.120. The van der Waals surface area contributed by atoms with Crippen LogP contribution in [0.5, 0.6) is 0 Å². The SMILES string of the molecule is CNCC(=O)NCc1ccccc1-c1ccc(CN(C)C)cc1. The van der Waals surface area contributed by atoms with E-state index < -0.39 is 0 Å². The summed E-state index contributed by atoms with van der Waals surface area (Å²) in [6, 6.07) is 16.8. The monoisotopic (exact) mass is 311 g/mol. The van der Waals surface area contributed by atoms with Gasteiger partial charge in [0, 0.05) is 13.1 Å². The van der Waals surface area contributed by atoms with Crippen LogP contribution in [0.2, 0.25) is 0 Å². The highest BCUT2D eigenvalue weighted by Gasteiger charge is 2.06. The number of amides is 1. The standard InChI is InChI=1S/C19H25N3O/c1-20-13-19(23)21-12-17-6-4-5-7-18(17)16-10-8-15(9-11-16)14-22(2)3/h4-11,20H,12-14H2,1-3H3,(H,21,23). The molecular formula is C19H25N3O. The van der Waals surface area contributed by atoms with E-state index in [-0.39, 0.29) is 5.91 Å². The predicted molar refractivity (Wildman–Crippen MR) is 95.0 cm³/mol. The van der Waals surface area contributed by atoms with Gasteiger partial charge in [0.15, 0.2) is 0 Å². The van der Waals surface area contributed by atoms with E-state index >= 15 is 0 Å². The summed E-state index contributed by atoms with van der Waals surface area (Å²) >= 11 is 0. The van der Waals surface area contributed by atoms with Crippen LogP contribution in [0.4, 0.5) is 0 Å². The van der Waals surface area contributed by atoms with Gasteiger partial charge in [0.25, 0.3) is 0 Å². The van der Waals surface area contributed by atoms with Crippen molar-refractivity contribution in [2.45, 2.75) is 13.1 Å². The number of rotatable bonds is 7. The van der Waals surface area contributed by atoms with Gasteiger partial charge in [-0.2, -0.15) is 0 Å². The maximum Gasteiger partial charge on any atom is 0.234 e. The van der Waals surface area contributed by atoms with Gasteiger partial charge in [0.05, 0.1) is 6.54 Å². The second-order valence-corrected chi connectivity index (χ2v) is 5.90. The third kappa shape index (κ3) is 5.20. The summed E-state index contributed by atoms with van der Waals surface area (Å²) in [5, 5.41) is 5.80. The van der Waals surface area contributed by atoms with Crippen molar-refractivity contribution in [2.75, 3.05) is 27.7 Å². The first-order valence-corrected chi connectivity index (χ1v) is 7.83. The molecule has 4 heteroatoms. The summed E-state index contributed by atoms with van der Waals surface area (Å²) in [5.41, 5.74) is 4.75. The van der Waals surface area contributed by atoms with Gasteiger partial charge < -0.3 is 15.5 Å². The van der Waals surface area contributed by atoms with E-state index in [1.807, 2.05) is 12.1 Å². The Labute approximate surface area is 138 Å². The zero-order valence-electron chi connectivity index (χ0n) is 14.1. The van der Waals surface area contributed by atoms with Gasteiger partial charge in [-0.05, 0) is 43.4 Å². The Balaban J connectivity index is 2.14. The highest BCUT2D eigenvalue weighted by Crippen LogP contribution is 2.24. The van der Waals surface area contributed by atoms with Crippen molar-refractivity contribution in [1.82, 2.24) is 15.5 Å². The Kier molecular flexibility index (Phi) is 6.32. The van der Waals surface area contributed by atoms with E-state index in [0.29, 0.717) is 13.1 Å². The van der Waals surface area contributed by atoms with E-state index in [1.165, 1.54) is 11.1 Å². The van der Waals surface area contributed by atoms with Crippen LogP contribution in [0.25, 0.3) is 11.1 Å². The fraction of sp³-hybridized carbons (Fsp3) is 0.316. The number of likely N-dealkylation sites (N-methyl/N-ethyl adjacent to an activating group) is 1. The van der Waals surface area contributed by atoms with Gasteiger partial charge in [0.2, 0.25) is 5.91 Å². The quantitative estimate of drug-likeness (QED) is 0.824. The van der Waals surface area contributed by atoms with Crippen LogP contribution in [0.1, 0.15) is 11.1 Å². The first kappa shape index (κ1) is 17.2. The molecule has 0 unspecified atom stereocenters. The van der Waals surface area contributed by atoms with Gasteiger partial charge in [-0.25, -0.2) is 0 Å². The molecule has 0 spiro atoms. The second-order valence-electron chi connectivity index (χ2n) is 5.90. The lowest BCUT2D eigenvalue weighted by Gasteiger charge is -2.13. The van der Waals surface area contributed by atoms with Gasteiger partial charge in [-0.3, -0.25) is 4.79 Å². The van der Waals surface area contributed by atoms with Crippen molar-refractivity contribution in [3.8, 4) is 11.1 Å². The third-order valence-corrected chi connectivity index (χ3v) is 3.59. The second kappa shape index (κ2) is 8.46. The minimum atomic E-state index is 0.00336. The predicted octanol–water partition coefficient (Wildman–Crippen LogP) is 2.25. The first-order chi connectivity index (χ1) is 11.1. The molecule has 0 saturated heterocycles. The number of hydrogen-bond donors (Lipinski definition) is 2. The summed E-state index contributed by atoms with van der Waals surface area (Å²) in [4.78, 5) is 13.8. The Morgan fingerprint density at radius 2 is 1.74 bits per heavy atom. The molecule has 0 aliphatic heterocycles. The van der Waals surface area contributed by atoms with Gasteiger partial charge in [-0.1, -0.05) is 48.5 Å². The number of hydrogen-bond acceptors (Lipinski definition) is 3. The summed E-state index contributed by atoms with van der Waals surface area (Å²) in [6.45, 7) is 1.81. The largest absolute Gasteiger partial charge is 0.351 e. The zero-order valence-corrected chi connectivity index (χ0v) is 14.1. The van der Waals surface area contributed by atoms with Crippen LogP contribution in [0, 0.1) is 0 Å². The molecule has 122 valence electrons. The van der Waals surface area contributed by atoms with Crippen LogP contribution in [0.15, 0.2) is 48.5 Å². The Hall–Kier alpha value is -2.17. The van der Waals surface area contributed by atoms with Crippen LogP contribution in [0.3, 0.4) is 0 Å². The van der Waals surface area contributed by atoms with E-state index in [2.05, 4.69) is 66.0 Å². The third-order valence-electron chi connectivity index (χ3n) is 3.59. The lowest BCUT2D eigenvalue weighted by atomic mass is 9.98. The average molecular weight is 311 g/mol. The van der Waals surface area contributed by atoms with Gasteiger partial charge in [-0.15, -0.1) is 0 Å². The molecule has 1 amide bonds. The Morgan fingerprint density at radius 3 is 2.39 bits per heavy atom. The summed E-state index contributed by atoms with van der Waals surface area (Å²) in [6.07, 6.45) is 0. The van der Waals surface area contributed by atoms with Crippen molar-refractivity contribution in [2.24, 2.45) is 0 Å². The van der Waals surface area contributed by atoms with Gasteiger partial charge >= 0.3 is 0 Å². The summed E-state index contributed by atoms with van der Waals surface area (Å²) in [5.74, 6) is 0.00336. The summed E-state index contributed by atoms with van der Waals surface area (Å²) < 4.78 is 0. The van der Waals surface area contributed by atoms with Crippen molar-refractivity contribution >= 4 is 5.91 Å². The first-order valence-electron chi connectivity index (χ1n) is 7.83. The Bertz CT molecular complexity index is 635. The molecule has 4 nitrogen and oxygen atoms in total. The highest BCUT2D eigenvalue weighted by atomic mass is 16.1. The minimum absolute atomic E-state index is 0.00336. The van der Waals surface area contributed by atoms with Crippen molar-refractivity contribution in [3.63, 3.8) is 0 Å². The van der Waals surface area contributed by atoms with Crippen molar-refractivity contribution in [3.05, 3.63) is 59.7 Å². The lowest BCUT2D eigenvalue weighted by Crippen LogP contribution is -2.31. The summed E-state index contributed by atoms with van der Waals surface area (Å²) in [7, 11) is 5.90. The Morgan fingerprint density at radius 1 is 1.04 bits per heavy atom. The number of benzene rings is 2. The molecule has 0 radical (unpaired) electrons. The molecule has 0 aliphatic carbocycles. The van der Waals surface area contributed by atoms with Gasteiger partial charge in [0.1, 0.15) is 0 Å². The topological polar surface area (TPSA) is 44.4 Å². The highest BCUT2D eigenvalue weighted by molar-refractivity contribution is 5.78. The number of carbonyl (C=O) groups is 1.